The summed E-state index contributed by atoms with van der Waals surface area (Å²) in [7, 11) is -3.86. The number of sulfone groups is 1. The van der Waals surface area contributed by atoms with Crippen molar-refractivity contribution in [1.82, 2.24) is 0 Å². The Hall–Kier alpha value is -1.36. The molecule has 1 aliphatic rings. The van der Waals surface area contributed by atoms with E-state index in [4.69, 9.17) is 0 Å². The van der Waals surface area contributed by atoms with Crippen molar-refractivity contribution in [2.75, 3.05) is 0 Å². The summed E-state index contributed by atoms with van der Waals surface area (Å²) >= 11 is 0. The average molecular weight is 296 g/mol. The number of carbonyl (C=O) groups is 1. The van der Waals surface area contributed by atoms with Crippen LogP contribution in [-0.4, -0.2) is 24.2 Å². The molecule has 1 aliphatic carbocycles. The van der Waals surface area contributed by atoms with Crippen LogP contribution in [0.2, 0.25) is 0 Å². The topological polar surface area (TPSA) is 71.4 Å². The van der Waals surface area contributed by atoms with Crippen molar-refractivity contribution in [2.24, 2.45) is 5.92 Å². The number of aliphatic carboxylic acids is 1. The lowest BCUT2D eigenvalue weighted by atomic mass is 9.82. The van der Waals surface area contributed by atoms with E-state index < -0.39 is 20.6 Å². The van der Waals surface area contributed by atoms with E-state index in [9.17, 15) is 18.3 Å². The predicted octanol–water partition coefficient (Wildman–Crippen LogP) is 2.80. The van der Waals surface area contributed by atoms with Gasteiger partial charge < -0.3 is 5.11 Å². The van der Waals surface area contributed by atoms with Gasteiger partial charge >= 0.3 is 5.97 Å². The van der Waals surface area contributed by atoms with Gasteiger partial charge in [0.15, 0.2) is 14.6 Å². The van der Waals surface area contributed by atoms with Crippen LogP contribution in [0.1, 0.15) is 38.2 Å². The molecule has 0 spiro atoms. The average Bonchev–Trinajstić information content (AvgIpc) is 2.39. The fourth-order valence-electron chi connectivity index (χ4n) is 2.77. The third kappa shape index (κ3) is 2.35. The van der Waals surface area contributed by atoms with Gasteiger partial charge in [0.05, 0.1) is 4.90 Å². The Balaban J connectivity index is 2.48. The maximum Gasteiger partial charge on any atom is 0.325 e. The Morgan fingerprint density at radius 3 is 2.15 bits per heavy atom. The van der Waals surface area contributed by atoms with Crippen LogP contribution in [0.5, 0.6) is 0 Å². The summed E-state index contributed by atoms with van der Waals surface area (Å²) in [5, 5.41) is 9.55. The van der Waals surface area contributed by atoms with Gasteiger partial charge in [-0.1, -0.05) is 24.6 Å². The lowest BCUT2D eigenvalue weighted by Crippen LogP contribution is -2.48. The number of carboxylic acid groups (broad SMARTS) is 1. The number of hydrogen-bond acceptors (Lipinski definition) is 3. The molecule has 0 bridgehead atoms. The molecule has 0 saturated heterocycles. The van der Waals surface area contributed by atoms with Gasteiger partial charge in [-0.05, 0) is 50.7 Å². The summed E-state index contributed by atoms with van der Waals surface area (Å²) in [6.45, 7) is 3.90. The van der Waals surface area contributed by atoms with Crippen LogP contribution >= 0.6 is 0 Å². The fourth-order valence-corrected chi connectivity index (χ4v) is 4.72. The van der Waals surface area contributed by atoms with Gasteiger partial charge in [0.2, 0.25) is 0 Å². The lowest BCUT2D eigenvalue weighted by Gasteiger charge is -2.35. The third-order valence-corrected chi connectivity index (χ3v) is 6.82. The molecule has 1 aromatic rings. The van der Waals surface area contributed by atoms with Crippen LogP contribution in [0.3, 0.4) is 0 Å². The quantitative estimate of drug-likeness (QED) is 0.931. The molecular formula is C15H20O4S. The molecule has 0 amide bonds. The van der Waals surface area contributed by atoms with E-state index in [1.165, 1.54) is 12.1 Å². The second-order valence-electron chi connectivity index (χ2n) is 5.80. The first-order valence-corrected chi connectivity index (χ1v) is 8.32. The minimum absolute atomic E-state index is 0.111. The Labute approximate surface area is 119 Å². The van der Waals surface area contributed by atoms with Gasteiger partial charge in [0.1, 0.15) is 0 Å². The molecule has 1 aromatic carbocycles. The van der Waals surface area contributed by atoms with E-state index in [0.717, 1.165) is 5.56 Å². The minimum Gasteiger partial charge on any atom is -0.480 e. The van der Waals surface area contributed by atoms with Crippen LogP contribution in [-0.2, 0) is 14.6 Å². The van der Waals surface area contributed by atoms with Crippen molar-refractivity contribution < 1.29 is 18.3 Å². The van der Waals surface area contributed by atoms with E-state index >= 15 is 0 Å². The smallest absolute Gasteiger partial charge is 0.325 e. The lowest BCUT2D eigenvalue weighted by molar-refractivity contribution is -0.141. The zero-order valence-corrected chi connectivity index (χ0v) is 12.6. The summed E-state index contributed by atoms with van der Waals surface area (Å²) in [4.78, 5) is 11.8. The zero-order valence-electron chi connectivity index (χ0n) is 11.8. The van der Waals surface area contributed by atoms with E-state index in [1.807, 2.05) is 13.8 Å². The maximum atomic E-state index is 12.8. The van der Waals surface area contributed by atoms with Crippen molar-refractivity contribution in [1.29, 1.82) is 0 Å². The van der Waals surface area contributed by atoms with Gasteiger partial charge in [-0.25, -0.2) is 8.42 Å². The van der Waals surface area contributed by atoms with Gasteiger partial charge in [0, 0.05) is 0 Å². The first-order chi connectivity index (χ1) is 9.29. The third-order valence-electron chi connectivity index (χ3n) is 4.32. The number of benzene rings is 1. The van der Waals surface area contributed by atoms with E-state index in [1.54, 1.807) is 12.1 Å². The standard InChI is InChI=1S/C15H20O4S/c1-11-3-5-13(6-4-11)20(18,19)15(14(16)17)9-7-12(2)8-10-15/h3-6,12H,7-10H2,1-2H3,(H,16,17). The summed E-state index contributed by atoms with van der Waals surface area (Å²) in [5.74, 6) is -0.833. The Morgan fingerprint density at radius 2 is 1.70 bits per heavy atom. The molecule has 4 nitrogen and oxygen atoms in total. The van der Waals surface area contributed by atoms with Crippen molar-refractivity contribution >= 4 is 15.8 Å². The highest BCUT2D eigenvalue weighted by Crippen LogP contribution is 2.41. The molecular weight excluding hydrogens is 276 g/mol. The molecule has 0 atom stereocenters. The van der Waals surface area contributed by atoms with Gasteiger partial charge in [-0.15, -0.1) is 0 Å². The second kappa shape index (κ2) is 5.20. The van der Waals surface area contributed by atoms with Crippen LogP contribution in [0.15, 0.2) is 29.2 Å². The monoisotopic (exact) mass is 296 g/mol. The van der Waals surface area contributed by atoms with Gasteiger partial charge in [-0.2, -0.15) is 0 Å². The van der Waals surface area contributed by atoms with Crippen molar-refractivity contribution in [3.05, 3.63) is 29.8 Å². The molecule has 2 rings (SSSR count). The van der Waals surface area contributed by atoms with Crippen LogP contribution in [0, 0.1) is 12.8 Å². The van der Waals surface area contributed by atoms with Crippen LogP contribution in [0.4, 0.5) is 0 Å². The maximum absolute atomic E-state index is 12.8. The predicted molar refractivity (Wildman–Crippen MR) is 76.4 cm³/mol. The summed E-state index contributed by atoms with van der Waals surface area (Å²) in [5.41, 5.74) is 0.950. The van der Waals surface area contributed by atoms with Crippen LogP contribution < -0.4 is 0 Å². The van der Waals surface area contributed by atoms with E-state index in [0.29, 0.717) is 18.8 Å². The Bertz CT molecular complexity index is 593. The summed E-state index contributed by atoms with van der Waals surface area (Å²) in [6.07, 6.45) is 1.66. The Kier molecular flexibility index (Phi) is 3.91. The molecule has 110 valence electrons. The molecule has 1 N–H and O–H groups in total. The molecule has 1 fully saturated rings. The largest absolute Gasteiger partial charge is 0.480 e. The van der Waals surface area contributed by atoms with E-state index in [-0.39, 0.29) is 17.7 Å². The normalized spacial score (nSPS) is 27.2. The van der Waals surface area contributed by atoms with Gasteiger partial charge in [0.25, 0.3) is 0 Å². The van der Waals surface area contributed by atoms with Crippen molar-refractivity contribution in [3.63, 3.8) is 0 Å². The number of rotatable bonds is 3. The molecule has 0 radical (unpaired) electrons. The number of hydrogen-bond donors (Lipinski definition) is 1. The highest BCUT2D eigenvalue weighted by atomic mass is 32.2. The second-order valence-corrected chi connectivity index (χ2v) is 8.06. The molecule has 0 heterocycles. The highest BCUT2D eigenvalue weighted by molar-refractivity contribution is 7.93. The fraction of sp³-hybridized carbons (Fsp3) is 0.533. The Morgan fingerprint density at radius 1 is 1.20 bits per heavy atom. The summed E-state index contributed by atoms with van der Waals surface area (Å²) in [6, 6.07) is 6.42. The van der Waals surface area contributed by atoms with Crippen molar-refractivity contribution in [3.8, 4) is 0 Å². The van der Waals surface area contributed by atoms with E-state index in [2.05, 4.69) is 0 Å². The number of aryl methyl sites for hydroxylation is 1. The highest BCUT2D eigenvalue weighted by Gasteiger charge is 2.52. The van der Waals surface area contributed by atoms with Crippen LogP contribution in [0.25, 0.3) is 0 Å². The van der Waals surface area contributed by atoms with Crippen molar-refractivity contribution in [2.45, 2.75) is 49.2 Å². The zero-order chi connectivity index (χ0) is 15.0. The molecule has 20 heavy (non-hydrogen) atoms. The first-order valence-electron chi connectivity index (χ1n) is 6.84. The molecule has 1 saturated carbocycles. The molecule has 0 aromatic heterocycles. The molecule has 0 aliphatic heterocycles. The molecule has 5 heteroatoms. The number of carboxylic acids is 1. The first kappa shape index (κ1) is 15.0. The SMILES string of the molecule is Cc1ccc(S(=O)(=O)C2(C(=O)O)CCC(C)CC2)cc1. The van der Waals surface area contributed by atoms with Gasteiger partial charge in [-0.3, -0.25) is 4.79 Å². The molecule has 0 unspecified atom stereocenters. The minimum atomic E-state index is -3.86. The summed E-state index contributed by atoms with van der Waals surface area (Å²) < 4.78 is 23.9.